The summed E-state index contributed by atoms with van der Waals surface area (Å²) in [5.41, 5.74) is 15.4. The number of nitrogens with zero attached hydrogens (tertiary/aromatic N) is 1. The summed E-state index contributed by atoms with van der Waals surface area (Å²) < 4.78 is 0. The second-order valence-electron chi connectivity index (χ2n) is 6.54. The molecule has 0 heterocycles. The molecule has 0 amide bonds. The maximum absolute atomic E-state index is 6.26. The van der Waals surface area contributed by atoms with Crippen LogP contribution in [0.15, 0.2) is 0 Å². The second-order valence-corrected chi connectivity index (χ2v) is 6.54. The minimum absolute atomic E-state index is 0.324. The van der Waals surface area contributed by atoms with Crippen LogP contribution in [0.3, 0.4) is 0 Å². The zero-order valence-corrected chi connectivity index (χ0v) is 14.6. The molecule has 1 aliphatic rings. The Bertz CT molecular complexity index is 499. The smallest absolute Gasteiger partial charge is 0.0431 e. The number of hydrogen-bond donors (Lipinski definition) is 1. The van der Waals surface area contributed by atoms with Gasteiger partial charge in [0.1, 0.15) is 0 Å². The summed E-state index contributed by atoms with van der Waals surface area (Å²) in [5.74, 6) is 0. The van der Waals surface area contributed by atoms with Crippen molar-refractivity contribution in [3.63, 3.8) is 0 Å². The van der Waals surface area contributed by atoms with Crippen molar-refractivity contribution in [1.82, 2.24) is 0 Å². The summed E-state index contributed by atoms with van der Waals surface area (Å²) in [6.07, 6.45) is 5.67. The van der Waals surface area contributed by atoms with Crippen LogP contribution in [-0.4, -0.2) is 19.1 Å². The van der Waals surface area contributed by atoms with E-state index in [1.54, 1.807) is 16.7 Å². The second kappa shape index (κ2) is 6.83. The van der Waals surface area contributed by atoms with Gasteiger partial charge in [-0.25, -0.2) is 0 Å². The van der Waals surface area contributed by atoms with Gasteiger partial charge in [0.2, 0.25) is 0 Å². The first kappa shape index (κ1) is 16.4. The third-order valence-corrected chi connectivity index (χ3v) is 4.93. The average molecular weight is 288 g/mol. The fraction of sp³-hybridized carbons (Fsp3) is 0.684. The normalized spacial score (nSPS) is 17.1. The molecule has 2 heteroatoms. The molecule has 0 saturated heterocycles. The molecular weight excluding hydrogens is 256 g/mol. The first-order valence-corrected chi connectivity index (χ1v) is 8.69. The molecule has 2 N–H and O–H groups in total. The van der Waals surface area contributed by atoms with Crippen molar-refractivity contribution in [1.29, 1.82) is 0 Å². The van der Waals surface area contributed by atoms with Crippen molar-refractivity contribution in [3.05, 3.63) is 27.8 Å². The van der Waals surface area contributed by atoms with E-state index in [9.17, 15) is 0 Å². The topological polar surface area (TPSA) is 29.3 Å². The minimum atomic E-state index is 0.324. The van der Waals surface area contributed by atoms with Crippen molar-refractivity contribution < 1.29 is 0 Å². The maximum atomic E-state index is 6.26. The Labute approximate surface area is 130 Å². The van der Waals surface area contributed by atoms with Gasteiger partial charge in [0.05, 0.1) is 0 Å². The highest BCUT2D eigenvalue weighted by molar-refractivity contribution is 5.68. The van der Waals surface area contributed by atoms with Gasteiger partial charge in [-0.15, -0.1) is 0 Å². The molecule has 0 bridgehead atoms. The SMILES string of the molecule is CCCN(CCC)c1c(C)c(CC)c2c(c1C)CC(N)C2. The van der Waals surface area contributed by atoms with Crippen molar-refractivity contribution in [2.75, 3.05) is 18.0 Å². The number of nitrogens with two attached hydrogens (primary N) is 1. The van der Waals surface area contributed by atoms with Gasteiger partial charge < -0.3 is 10.6 Å². The summed E-state index contributed by atoms with van der Waals surface area (Å²) in [6, 6.07) is 0.324. The lowest BCUT2D eigenvalue weighted by Crippen LogP contribution is -2.27. The predicted molar refractivity (Wildman–Crippen MR) is 93.5 cm³/mol. The molecule has 0 aliphatic heterocycles. The fourth-order valence-corrected chi connectivity index (χ4v) is 4.15. The summed E-state index contributed by atoms with van der Waals surface area (Å²) in [7, 11) is 0. The van der Waals surface area contributed by atoms with Crippen molar-refractivity contribution in [3.8, 4) is 0 Å². The van der Waals surface area contributed by atoms with Gasteiger partial charge in [-0.05, 0) is 73.8 Å². The Kier molecular flexibility index (Phi) is 5.32. The third kappa shape index (κ3) is 2.96. The van der Waals surface area contributed by atoms with Gasteiger partial charge in [-0.3, -0.25) is 0 Å². The Morgan fingerprint density at radius 1 is 0.952 bits per heavy atom. The highest BCUT2D eigenvalue weighted by Gasteiger charge is 2.27. The molecule has 2 rings (SSSR count). The van der Waals surface area contributed by atoms with Crippen LogP contribution in [0.1, 0.15) is 61.4 Å². The highest BCUT2D eigenvalue weighted by atomic mass is 15.1. The minimum Gasteiger partial charge on any atom is -0.371 e. The largest absolute Gasteiger partial charge is 0.371 e. The zero-order valence-electron chi connectivity index (χ0n) is 14.6. The van der Waals surface area contributed by atoms with Crippen LogP contribution in [0.5, 0.6) is 0 Å². The molecule has 21 heavy (non-hydrogen) atoms. The molecular formula is C19H32N2. The van der Waals surface area contributed by atoms with Crippen molar-refractivity contribution in [2.45, 2.75) is 72.8 Å². The molecule has 1 aliphatic carbocycles. The Hall–Kier alpha value is -1.02. The van der Waals surface area contributed by atoms with Crippen molar-refractivity contribution in [2.24, 2.45) is 5.73 Å². The quantitative estimate of drug-likeness (QED) is 0.859. The van der Waals surface area contributed by atoms with E-state index in [4.69, 9.17) is 5.73 Å². The lowest BCUT2D eigenvalue weighted by molar-refractivity contribution is 0.718. The van der Waals surface area contributed by atoms with Crippen LogP contribution in [-0.2, 0) is 19.3 Å². The van der Waals surface area contributed by atoms with Gasteiger partial charge in [0.15, 0.2) is 0 Å². The van der Waals surface area contributed by atoms with Gasteiger partial charge in [0, 0.05) is 24.8 Å². The lowest BCUT2D eigenvalue weighted by Gasteiger charge is -2.30. The summed E-state index contributed by atoms with van der Waals surface area (Å²) in [6.45, 7) is 13.8. The monoisotopic (exact) mass is 288 g/mol. The van der Waals surface area contributed by atoms with Crippen LogP contribution in [0.25, 0.3) is 0 Å². The summed E-state index contributed by atoms with van der Waals surface area (Å²) >= 11 is 0. The van der Waals surface area contributed by atoms with E-state index in [-0.39, 0.29) is 0 Å². The molecule has 1 atom stereocenters. The van der Waals surface area contributed by atoms with E-state index in [0.29, 0.717) is 6.04 Å². The summed E-state index contributed by atoms with van der Waals surface area (Å²) in [5, 5.41) is 0. The standard InChI is InChI=1S/C19H32N2/c1-6-9-21(10-7-2)19-13(4)16(8-3)18-12-15(20)11-17(18)14(19)5/h15H,6-12,20H2,1-5H3. The molecule has 1 unspecified atom stereocenters. The van der Waals surface area contributed by atoms with E-state index in [2.05, 4.69) is 39.5 Å². The first-order chi connectivity index (χ1) is 10.0. The molecule has 118 valence electrons. The van der Waals surface area contributed by atoms with E-state index in [1.165, 1.54) is 29.7 Å². The zero-order chi connectivity index (χ0) is 15.6. The Morgan fingerprint density at radius 3 is 2.05 bits per heavy atom. The molecule has 0 fully saturated rings. The molecule has 1 aromatic carbocycles. The number of benzene rings is 1. The molecule has 0 saturated carbocycles. The van der Waals surface area contributed by atoms with E-state index in [1.807, 2.05) is 0 Å². The first-order valence-electron chi connectivity index (χ1n) is 8.69. The van der Waals surface area contributed by atoms with Crippen LogP contribution < -0.4 is 10.6 Å². The van der Waals surface area contributed by atoms with Crippen LogP contribution in [0.2, 0.25) is 0 Å². The number of hydrogen-bond acceptors (Lipinski definition) is 2. The van der Waals surface area contributed by atoms with Gasteiger partial charge in [-0.1, -0.05) is 20.8 Å². The molecule has 0 radical (unpaired) electrons. The number of fused-ring (bicyclic) bond motifs is 1. The van der Waals surface area contributed by atoms with E-state index >= 15 is 0 Å². The molecule has 2 nitrogen and oxygen atoms in total. The maximum Gasteiger partial charge on any atom is 0.0431 e. The Balaban J connectivity index is 2.58. The summed E-state index contributed by atoms with van der Waals surface area (Å²) in [4.78, 5) is 2.61. The van der Waals surface area contributed by atoms with Gasteiger partial charge in [-0.2, -0.15) is 0 Å². The third-order valence-electron chi connectivity index (χ3n) is 4.93. The molecule has 1 aromatic rings. The fourth-order valence-electron chi connectivity index (χ4n) is 4.15. The number of anilines is 1. The van der Waals surface area contributed by atoms with Crippen molar-refractivity contribution >= 4 is 5.69 Å². The van der Waals surface area contributed by atoms with Crippen LogP contribution >= 0.6 is 0 Å². The van der Waals surface area contributed by atoms with E-state index in [0.717, 1.165) is 32.4 Å². The van der Waals surface area contributed by atoms with Gasteiger partial charge >= 0.3 is 0 Å². The Morgan fingerprint density at radius 2 is 1.52 bits per heavy atom. The predicted octanol–water partition coefficient (Wildman–Crippen LogP) is 3.92. The number of rotatable bonds is 6. The lowest BCUT2D eigenvalue weighted by atomic mass is 9.90. The molecule has 0 aromatic heterocycles. The van der Waals surface area contributed by atoms with Crippen LogP contribution in [0.4, 0.5) is 5.69 Å². The van der Waals surface area contributed by atoms with Gasteiger partial charge in [0.25, 0.3) is 0 Å². The molecule has 0 spiro atoms. The van der Waals surface area contributed by atoms with E-state index < -0.39 is 0 Å². The average Bonchev–Trinajstić information content (AvgIpc) is 2.82. The highest BCUT2D eigenvalue weighted by Crippen LogP contribution is 2.38. The van der Waals surface area contributed by atoms with Crippen LogP contribution in [0, 0.1) is 13.8 Å².